The number of rotatable bonds is 2. The molecular weight excluding hydrogens is 395 g/mol. The molecule has 8 nitrogen and oxygen atoms in total. The second-order valence-electron chi connectivity index (χ2n) is 8.12. The number of carbonyl (C=O) groups is 2. The highest BCUT2D eigenvalue weighted by atomic mass is 19.4. The maximum absolute atomic E-state index is 12.7. The Kier molecular flexibility index (Phi) is 6.90. The first kappa shape index (κ1) is 22.1. The third-order valence-electron chi connectivity index (χ3n) is 6.05. The van der Waals surface area contributed by atoms with Crippen LogP contribution in [0, 0.1) is 11.3 Å². The van der Waals surface area contributed by atoms with E-state index in [1.54, 1.807) is 0 Å². The molecule has 11 heteroatoms. The van der Waals surface area contributed by atoms with Crippen LogP contribution in [-0.4, -0.2) is 110 Å². The summed E-state index contributed by atoms with van der Waals surface area (Å²) in [6.45, 7) is 9.96. The van der Waals surface area contributed by atoms with E-state index in [0.29, 0.717) is 5.92 Å². The lowest BCUT2D eigenvalue weighted by molar-refractivity contribution is -0.192. The van der Waals surface area contributed by atoms with E-state index < -0.39 is 12.1 Å². The minimum absolute atomic E-state index is 0.146. The average Bonchev–Trinajstić information content (AvgIpc) is 3.37. The van der Waals surface area contributed by atoms with Crippen LogP contribution in [0.1, 0.15) is 12.8 Å². The Balaban J connectivity index is 0.000000298. The number of nitrogens with zero attached hydrogens (tertiary/aromatic N) is 3. The van der Waals surface area contributed by atoms with E-state index in [9.17, 15) is 18.0 Å². The summed E-state index contributed by atoms with van der Waals surface area (Å²) in [6.07, 6.45) is -2.77. The molecule has 2 atom stereocenters. The molecule has 0 saturated carbocycles. The molecule has 0 aliphatic carbocycles. The minimum atomic E-state index is -5.08. The lowest BCUT2D eigenvalue weighted by atomic mass is 9.80. The second-order valence-corrected chi connectivity index (χ2v) is 8.12. The van der Waals surface area contributed by atoms with Gasteiger partial charge in [0.15, 0.2) is 0 Å². The maximum atomic E-state index is 12.7. The fourth-order valence-electron chi connectivity index (χ4n) is 4.51. The largest absolute Gasteiger partial charge is 0.490 e. The first-order valence-corrected chi connectivity index (χ1v) is 9.93. The molecule has 1 N–H and O–H groups in total. The van der Waals surface area contributed by atoms with Crippen molar-refractivity contribution < 1.29 is 37.3 Å². The van der Waals surface area contributed by atoms with Crippen LogP contribution >= 0.6 is 0 Å². The number of amides is 2. The summed E-state index contributed by atoms with van der Waals surface area (Å²) >= 11 is 0. The maximum Gasteiger partial charge on any atom is 0.490 e. The van der Waals surface area contributed by atoms with E-state index in [2.05, 4.69) is 9.80 Å². The van der Waals surface area contributed by atoms with Crippen LogP contribution in [0.5, 0.6) is 0 Å². The fraction of sp³-hybridized carbons (Fsp3) is 0.889. The van der Waals surface area contributed by atoms with Crippen LogP contribution in [0.3, 0.4) is 0 Å². The van der Waals surface area contributed by atoms with E-state index >= 15 is 0 Å². The van der Waals surface area contributed by atoms with Gasteiger partial charge in [-0.15, -0.1) is 0 Å². The predicted octanol–water partition coefficient (Wildman–Crippen LogP) is 1.12. The van der Waals surface area contributed by atoms with Crippen molar-refractivity contribution in [2.24, 2.45) is 11.3 Å². The van der Waals surface area contributed by atoms with Crippen molar-refractivity contribution in [3.05, 3.63) is 0 Å². The van der Waals surface area contributed by atoms with Gasteiger partial charge in [-0.25, -0.2) is 9.59 Å². The van der Waals surface area contributed by atoms with Crippen LogP contribution in [0.4, 0.5) is 18.0 Å². The van der Waals surface area contributed by atoms with Gasteiger partial charge in [-0.05, 0) is 12.8 Å². The number of carbonyl (C=O) groups excluding carboxylic acids is 1. The fourth-order valence-corrected chi connectivity index (χ4v) is 4.51. The topological polar surface area (TPSA) is 82.5 Å². The molecular formula is C18H28F3N3O5. The Hall–Kier alpha value is -1.59. The molecule has 29 heavy (non-hydrogen) atoms. The Bertz CT molecular complexity index is 594. The van der Waals surface area contributed by atoms with Gasteiger partial charge in [0, 0.05) is 57.1 Å². The third-order valence-corrected chi connectivity index (χ3v) is 6.05. The Morgan fingerprint density at radius 3 is 2.24 bits per heavy atom. The van der Waals surface area contributed by atoms with E-state index in [1.165, 1.54) is 0 Å². The van der Waals surface area contributed by atoms with Crippen LogP contribution in [0.25, 0.3) is 0 Å². The van der Waals surface area contributed by atoms with Crippen LogP contribution in [0.2, 0.25) is 0 Å². The Morgan fingerprint density at radius 1 is 1.03 bits per heavy atom. The molecule has 0 unspecified atom stereocenters. The van der Waals surface area contributed by atoms with Crippen molar-refractivity contribution in [1.29, 1.82) is 0 Å². The number of carboxylic acid groups (broad SMARTS) is 1. The Labute approximate surface area is 167 Å². The average molecular weight is 423 g/mol. The molecule has 4 fully saturated rings. The summed E-state index contributed by atoms with van der Waals surface area (Å²) in [7, 11) is 0. The van der Waals surface area contributed by atoms with E-state index in [0.717, 1.165) is 85.1 Å². The van der Waals surface area contributed by atoms with Gasteiger partial charge in [0.05, 0.1) is 26.4 Å². The lowest BCUT2D eigenvalue weighted by Crippen LogP contribution is -2.48. The van der Waals surface area contributed by atoms with Gasteiger partial charge in [0.2, 0.25) is 0 Å². The van der Waals surface area contributed by atoms with Crippen molar-refractivity contribution in [3.63, 3.8) is 0 Å². The quantitative estimate of drug-likeness (QED) is 0.717. The number of fused-ring (bicyclic) bond motifs is 1. The number of morpholine rings is 1. The third kappa shape index (κ3) is 5.32. The van der Waals surface area contributed by atoms with Gasteiger partial charge in [-0.1, -0.05) is 0 Å². The summed E-state index contributed by atoms with van der Waals surface area (Å²) in [6, 6.07) is 0.258. The number of carboxylic acids is 1. The van der Waals surface area contributed by atoms with Gasteiger partial charge in [0.25, 0.3) is 0 Å². The molecule has 0 spiro atoms. The first-order chi connectivity index (χ1) is 13.7. The second kappa shape index (κ2) is 9.05. The number of alkyl halides is 3. The van der Waals surface area contributed by atoms with Crippen LogP contribution < -0.4 is 0 Å². The van der Waals surface area contributed by atoms with Crippen LogP contribution in [0.15, 0.2) is 0 Å². The molecule has 0 radical (unpaired) electrons. The summed E-state index contributed by atoms with van der Waals surface area (Å²) in [5.41, 5.74) is 0.146. The van der Waals surface area contributed by atoms with E-state index in [4.69, 9.17) is 19.4 Å². The summed E-state index contributed by atoms with van der Waals surface area (Å²) < 4.78 is 43.0. The summed E-state index contributed by atoms with van der Waals surface area (Å²) in [5.74, 6) is -2.26. The molecule has 0 aromatic carbocycles. The number of hydrogen-bond donors (Lipinski definition) is 1. The molecule has 0 aromatic heterocycles. The van der Waals surface area contributed by atoms with E-state index in [1.807, 2.05) is 4.90 Å². The number of halogens is 3. The monoisotopic (exact) mass is 423 g/mol. The zero-order valence-corrected chi connectivity index (χ0v) is 16.3. The van der Waals surface area contributed by atoms with Gasteiger partial charge in [-0.3, -0.25) is 4.90 Å². The lowest BCUT2D eigenvalue weighted by Gasteiger charge is -2.36. The molecule has 2 amide bonds. The number of likely N-dealkylation sites (tertiary alicyclic amines) is 2. The van der Waals surface area contributed by atoms with Gasteiger partial charge >= 0.3 is 18.2 Å². The molecule has 4 saturated heterocycles. The highest BCUT2D eigenvalue weighted by Crippen LogP contribution is 2.42. The number of aliphatic carboxylic acids is 1. The highest BCUT2D eigenvalue weighted by Gasteiger charge is 2.53. The van der Waals surface area contributed by atoms with Gasteiger partial charge in [0.1, 0.15) is 0 Å². The van der Waals surface area contributed by atoms with Crippen molar-refractivity contribution >= 4 is 12.0 Å². The normalized spacial score (nSPS) is 30.1. The van der Waals surface area contributed by atoms with Crippen molar-refractivity contribution in [3.8, 4) is 0 Å². The van der Waals surface area contributed by atoms with Crippen molar-refractivity contribution in [1.82, 2.24) is 14.7 Å². The molecule has 4 rings (SSSR count). The predicted molar refractivity (Wildman–Crippen MR) is 95.5 cm³/mol. The summed E-state index contributed by atoms with van der Waals surface area (Å²) in [5, 5.41) is 7.12. The van der Waals surface area contributed by atoms with Crippen LogP contribution in [-0.2, 0) is 14.3 Å². The zero-order valence-electron chi connectivity index (χ0n) is 16.3. The van der Waals surface area contributed by atoms with Gasteiger partial charge in [-0.2, -0.15) is 13.2 Å². The first-order valence-electron chi connectivity index (χ1n) is 9.93. The molecule has 4 heterocycles. The Morgan fingerprint density at radius 2 is 1.66 bits per heavy atom. The number of hydrogen-bond acceptors (Lipinski definition) is 5. The minimum Gasteiger partial charge on any atom is -0.475 e. The highest BCUT2D eigenvalue weighted by molar-refractivity contribution is 5.75. The molecule has 166 valence electrons. The van der Waals surface area contributed by atoms with E-state index in [-0.39, 0.29) is 11.4 Å². The standard InChI is InChI=1S/C16H27N3O3.C2HF3O2/c20-15(18-3-1-2-4-18)19-9-14-10-22-13-16(14,12-19)11-17-5-7-21-8-6-17;3-2(4,5)1(6)7/h14H,1-13H2;(H,6,7)/t14-,16+;/m1./s1. The zero-order chi connectivity index (χ0) is 21.1. The van der Waals surface area contributed by atoms with Crippen molar-refractivity contribution in [2.45, 2.75) is 19.0 Å². The smallest absolute Gasteiger partial charge is 0.475 e. The molecule has 4 aliphatic rings. The number of ether oxygens (including phenoxy) is 2. The van der Waals surface area contributed by atoms with Crippen molar-refractivity contribution in [2.75, 3.05) is 72.2 Å². The molecule has 0 bridgehead atoms. The SMILES string of the molecule is O=C(N1CCCC1)N1C[C@@H]2COC[C@]2(CN2CCOCC2)C1.O=C(O)C(F)(F)F. The molecule has 4 aliphatic heterocycles. The summed E-state index contributed by atoms with van der Waals surface area (Å²) in [4.78, 5) is 28.2. The van der Waals surface area contributed by atoms with Gasteiger partial charge < -0.3 is 24.4 Å². The molecule has 0 aromatic rings. The number of urea groups is 1.